The van der Waals surface area contributed by atoms with Crippen LogP contribution in [0.4, 0.5) is 0 Å². The van der Waals surface area contributed by atoms with Crippen LogP contribution in [0.15, 0.2) is 0 Å². The molecule has 0 fully saturated rings. The van der Waals surface area contributed by atoms with Crippen LogP contribution in [0.5, 0.6) is 0 Å². The van der Waals surface area contributed by atoms with E-state index in [9.17, 15) is 9.59 Å². The van der Waals surface area contributed by atoms with Crippen molar-refractivity contribution in [2.75, 3.05) is 20.8 Å². The van der Waals surface area contributed by atoms with E-state index in [-0.39, 0.29) is 18.5 Å². The van der Waals surface area contributed by atoms with Crippen molar-refractivity contribution in [2.24, 2.45) is 0 Å². The minimum absolute atomic E-state index is 0.0410. The van der Waals surface area contributed by atoms with E-state index in [2.05, 4.69) is 4.74 Å². The highest BCUT2D eigenvalue weighted by molar-refractivity contribution is 5.85. The fourth-order valence-electron chi connectivity index (χ4n) is 1.05. The molecule has 0 aromatic heterocycles. The van der Waals surface area contributed by atoms with Gasteiger partial charge in [0.25, 0.3) is 5.91 Å². The Morgan fingerprint density at radius 3 is 2.07 bits per heavy atom. The van der Waals surface area contributed by atoms with Gasteiger partial charge < -0.3 is 14.4 Å². The maximum atomic E-state index is 11.8. The molecule has 0 bridgehead atoms. The number of carbonyl (C=O) groups excluding carboxylic acids is 2. The van der Waals surface area contributed by atoms with E-state index in [0.717, 1.165) is 0 Å². The summed E-state index contributed by atoms with van der Waals surface area (Å²) in [5.41, 5.74) is 0. The molecule has 1 amide bonds. The maximum Gasteiger partial charge on any atom is 0.325 e. The summed E-state index contributed by atoms with van der Waals surface area (Å²) in [5.74, 6) is -0.641. The number of carbonyl (C=O) groups is 2. The van der Waals surface area contributed by atoms with Gasteiger partial charge in [-0.05, 0) is 20.8 Å². The molecule has 5 nitrogen and oxygen atoms in total. The van der Waals surface area contributed by atoms with Crippen molar-refractivity contribution in [1.82, 2.24) is 4.90 Å². The standard InChI is InChI=1S/C10H19NO4/c1-7(2)11(6-9(12)15-5)10(13)8(3)14-4/h7-8H,6H2,1-5H3. The number of hydrogen-bond acceptors (Lipinski definition) is 4. The molecule has 0 saturated carbocycles. The molecule has 0 aliphatic rings. The Morgan fingerprint density at radius 1 is 1.20 bits per heavy atom. The first-order valence-electron chi connectivity index (χ1n) is 4.84. The lowest BCUT2D eigenvalue weighted by atomic mass is 10.2. The summed E-state index contributed by atoms with van der Waals surface area (Å²) in [6.45, 7) is 5.28. The third-order valence-electron chi connectivity index (χ3n) is 2.13. The first-order chi connectivity index (χ1) is 6.93. The van der Waals surface area contributed by atoms with Gasteiger partial charge in [-0.25, -0.2) is 0 Å². The van der Waals surface area contributed by atoms with Crippen molar-refractivity contribution < 1.29 is 19.1 Å². The molecule has 1 unspecified atom stereocenters. The van der Waals surface area contributed by atoms with E-state index in [1.807, 2.05) is 13.8 Å². The molecule has 0 heterocycles. The SMILES string of the molecule is COC(=O)CN(C(=O)C(C)OC)C(C)C. The normalized spacial score (nSPS) is 12.4. The molecule has 0 aromatic carbocycles. The number of nitrogens with zero attached hydrogens (tertiary/aromatic N) is 1. The number of methoxy groups -OCH3 is 2. The Kier molecular flexibility index (Phi) is 5.93. The summed E-state index contributed by atoms with van der Waals surface area (Å²) < 4.78 is 9.44. The van der Waals surface area contributed by atoms with Crippen LogP contribution in [0.1, 0.15) is 20.8 Å². The van der Waals surface area contributed by atoms with E-state index in [4.69, 9.17) is 4.74 Å². The van der Waals surface area contributed by atoms with Gasteiger partial charge in [-0.2, -0.15) is 0 Å². The smallest absolute Gasteiger partial charge is 0.325 e. The Labute approximate surface area is 90.3 Å². The molecule has 5 heteroatoms. The van der Waals surface area contributed by atoms with Crippen LogP contribution in [0.25, 0.3) is 0 Å². The fourth-order valence-corrected chi connectivity index (χ4v) is 1.05. The van der Waals surface area contributed by atoms with Gasteiger partial charge >= 0.3 is 5.97 Å². The predicted octanol–water partition coefficient (Wildman–Crippen LogP) is 0.431. The second-order valence-corrected chi connectivity index (χ2v) is 3.51. The number of esters is 1. The van der Waals surface area contributed by atoms with Crippen LogP contribution < -0.4 is 0 Å². The highest BCUT2D eigenvalue weighted by Crippen LogP contribution is 2.04. The maximum absolute atomic E-state index is 11.8. The molecule has 0 radical (unpaired) electrons. The summed E-state index contributed by atoms with van der Waals surface area (Å²) in [5, 5.41) is 0. The lowest BCUT2D eigenvalue weighted by Gasteiger charge is -2.27. The third-order valence-corrected chi connectivity index (χ3v) is 2.13. The number of ether oxygens (including phenoxy) is 2. The Morgan fingerprint density at radius 2 is 1.73 bits per heavy atom. The molecule has 0 rings (SSSR count). The van der Waals surface area contributed by atoms with Gasteiger partial charge in [-0.1, -0.05) is 0 Å². The second-order valence-electron chi connectivity index (χ2n) is 3.51. The molecule has 0 aliphatic carbocycles. The van der Waals surface area contributed by atoms with Crippen molar-refractivity contribution in [3.63, 3.8) is 0 Å². The lowest BCUT2D eigenvalue weighted by molar-refractivity contribution is -0.152. The first-order valence-corrected chi connectivity index (χ1v) is 4.84. The van der Waals surface area contributed by atoms with Crippen molar-refractivity contribution in [1.29, 1.82) is 0 Å². The largest absolute Gasteiger partial charge is 0.468 e. The highest BCUT2D eigenvalue weighted by Gasteiger charge is 2.24. The Hall–Kier alpha value is -1.10. The van der Waals surface area contributed by atoms with E-state index < -0.39 is 12.1 Å². The topological polar surface area (TPSA) is 55.8 Å². The number of rotatable bonds is 5. The van der Waals surface area contributed by atoms with Crippen LogP contribution in [0.3, 0.4) is 0 Å². The number of hydrogen-bond donors (Lipinski definition) is 0. The minimum atomic E-state index is -0.544. The lowest BCUT2D eigenvalue weighted by Crippen LogP contribution is -2.45. The zero-order chi connectivity index (χ0) is 12.0. The van der Waals surface area contributed by atoms with Crippen LogP contribution >= 0.6 is 0 Å². The summed E-state index contributed by atoms with van der Waals surface area (Å²) in [7, 11) is 2.75. The van der Waals surface area contributed by atoms with E-state index in [1.54, 1.807) is 6.92 Å². The molecule has 0 aliphatic heterocycles. The molecule has 88 valence electrons. The van der Waals surface area contributed by atoms with Crippen LogP contribution in [0, 0.1) is 0 Å². The fraction of sp³-hybridized carbons (Fsp3) is 0.800. The van der Waals surface area contributed by atoms with Crippen LogP contribution in [-0.2, 0) is 19.1 Å². The average molecular weight is 217 g/mol. The van der Waals surface area contributed by atoms with Gasteiger partial charge in [0, 0.05) is 13.2 Å². The van der Waals surface area contributed by atoms with Gasteiger partial charge in [-0.15, -0.1) is 0 Å². The predicted molar refractivity (Wildman–Crippen MR) is 55.3 cm³/mol. The van der Waals surface area contributed by atoms with Gasteiger partial charge in [0.1, 0.15) is 12.6 Å². The Bertz CT molecular complexity index is 227. The van der Waals surface area contributed by atoms with Gasteiger partial charge in [-0.3, -0.25) is 9.59 Å². The average Bonchev–Trinajstić information content (AvgIpc) is 2.22. The molecule has 1 atom stereocenters. The summed E-state index contributed by atoms with van der Waals surface area (Å²) in [6.07, 6.45) is -0.544. The quantitative estimate of drug-likeness (QED) is 0.627. The molecule has 0 N–H and O–H groups in total. The highest BCUT2D eigenvalue weighted by atomic mass is 16.5. The van der Waals surface area contributed by atoms with Crippen LogP contribution in [0.2, 0.25) is 0 Å². The van der Waals surface area contributed by atoms with Crippen molar-refractivity contribution in [3.8, 4) is 0 Å². The monoisotopic (exact) mass is 217 g/mol. The van der Waals surface area contributed by atoms with E-state index in [1.165, 1.54) is 19.1 Å². The van der Waals surface area contributed by atoms with Crippen LogP contribution in [-0.4, -0.2) is 49.7 Å². The van der Waals surface area contributed by atoms with Gasteiger partial charge in [0.2, 0.25) is 0 Å². The molecule has 0 aromatic rings. The summed E-state index contributed by atoms with van der Waals surface area (Å²) >= 11 is 0. The first kappa shape index (κ1) is 13.9. The van der Waals surface area contributed by atoms with E-state index in [0.29, 0.717) is 0 Å². The van der Waals surface area contributed by atoms with Crippen molar-refractivity contribution in [3.05, 3.63) is 0 Å². The zero-order valence-electron chi connectivity index (χ0n) is 9.94. The van der Waals surface area contributed by atoms with Gasteiger partial charge in [0.05, 0.1) is 7.11 Å². The molecule has 0 spiro atoms. The summed E-state index contributed by atoms with van der Waals surface area (Å²) in [4.78, 5) is 24.3. The van der Waals surface area contributed by atoms with Crippen molar-refractivity contribution >= 4 is 11.9 Å². The van der Waals surface area contributed by atoms with Crippen molar-refractivity contribution in [2.45, 2.75) is 32.9 Å². The molecule has 0 saturated heterocycles. The summed E-state index contributed by atoms with van der Waals surface area (Å²) in [6, 6.07) is -0.0609. The Balaban J connectivity index is 4.52. The third kappa shape index (κ3) is 4.29. The molecular formula is C10H19NO4. The number of amides is 1. The molecular weight excluding hydrogens is 198 g/mol. The minimum Gasteiger partial charge on any atom is -0.468 e. The van der Waals surface area contributed by atoms with E-state index >= 15 is 0 Å². The van der Waals surface area contributed by atoms with Gasteiger partial charge in [0.15, 0.2) is 0 Å². The second kappa shape index (κ2) is 6.40. The zero-order valence-corrected chi connectivity index (χ0v) is 9.94. The molecule has 15 heavy (non-hydrogen) atoms.